The van der Waals surface area contributed by atoms with E-state index in [0.29, 0.717) is 13.0 Å². The highest BCUT2D eigenvalue weighted by Gasteiger charge is 2.18. The second-order valence-corrected chi connectivity index (χ2v) is 6.57. The molecule has 0 saturated carbocycles. The zero-order valence-corrected chi connectivity index (χ0v) is 12.6. The Morgan fingerprint density at radius 3 is 2.52 bits per heavy atom. The molecule has 1 unspecified atom stereocenters. The van der Waals surface area contributed by atoms with Crippen LogP contribution in [0.15, 0.2) is 52.0 Å². The van der Waals surface area contributed by atoms with Crippen LogP contribution in [0.2, 0.25) is 0 Å². The number of aliphatic hydroxyl groups excluding tert-OH is 1. The maximum atomic E-state index is 12.0. The quantitative estimate of drug-likeness (QED) is 0.822. The van der Waals surface area contributed by atoms with E-state index in [0.717, 1.165) is 0 Å². The van der Waals surface area contributed by atoms with E-state index in [1.165, 1.54) is 17.7 Å². The van der Waals surface area contributed by atoms with Gasteiger partial charge in [0.2, 0.25) is 5.09 Å². The summed E-state index contributed by atoms with van der Waals surface area (Å²) in [5, 5.41) is 8.71. The summed E-state index contributed by atoms with van der Waals surface area (Å²) in [6.07, 6.45) is 0.691. The van der Waals surface area contributed by atoms with Crippen molar-refractivity contribution in [3.8, 4) is 0 Å². The fraction of sp³-hybridized carbons (Fsp3) is 0.333. The number of nitrogens with one attached hydrogen (secondary N) is 1. The van der Waals surface area contributed by atoms with Crippen molar-refractivity contribution in [1.29, 1.82) is 0 Å². The fourth-order valence-electron chi connectivity index (χ4n) is 2.02. The molecule has 1 atom stereocenters. The molecule has 114 valence electrons. The molecule has 1 aromatic heterocycles. The molecule has 0 aliphatic heterocycles. The van der Waals surface area contributed by atoms with E-state index in [1.54, 1.807) is 0 Å². The van der Waals surface area contributed by atoms with Crippen molar-refractivity contribution >= 4 is 10.0 Å². The van der Waals surface area contributed by atoms with Gasteiger partial charge in [0.05, 0.1) is 0 Å². The van der Waals surface area contributed by atoms with Gasteiger partial charge < -0.3 is 9.52 Å². The zero-order valence-electron chi connectivity index (χ0n) is 11.8. The molecule has 0 fully saturated rings. The first-order valence-corrected chi connectivity index (χ1v) is 8.25. The first-order chi connectivity index (χ1) is 10.0. The van der Waals surface area contributed by atoms with Crippen LogP contribution in [0.4, 0.5) is 0 Å². The molecular formula is C15H19NO4S. The topological polar surface area (TPSA) is 79.5 Å². The molecule has 0 radical (unpaired) electrons. The van der Waals surface area contributed by atoms with Crippen molar-refractivity contribution in [2.45, 2.75) is 31.0 Å². The first-order valence-electron chi connectivity index (χ1n) is 6.77. The molecule has 0 aliphatic carbocycles. The monoisotopic (exact) mass is 309 g/mol. The SMILES string of the molecule is CC(CCNS(=O)(=O)c1ccc(CO)o1)c1ccccc1. The van der Waals surface area contributed by atoms with Gasteiger partial charge in [-0.3, -0.25) is 0 Å². The van der Waals surface area contributed by atoms with Crippen LogP contribution in [0.1, 0.15) is 30.6 Å². The van der Waals surface area contributed by atoms with Gasteiger partial charge in [0.25, 0.3) is 10.0 Å². The third-order valence-electron chi connectivity index (χ3n) is 3.30. The molecule has 0 amide bonds. The van der Waals surface area contributed by atoms with Crippen molar-refractivity contribution in [2.75, 3.05) is 6.54 Å². The standard InChI is InChI=1S/C15H19NO4S/c1-12(13-5-3-2-4-6-13)9-10-16-21(18,19)15-8-7-14(11-17)20-15/h2-8,12,16-17H,9-11H2,1H3. The molecule has 5 nitrogen and oxygen atoms in total. The Morgan fingerprint density at radius 1 is 1.19 bits per heavy atom. The highest BCUT2D eigenvalue weighted by Crippen LogP contribution is 2.18. The van der Waals surface area contributed by atoms with E-state index >= 15 is 0 Å². The van der Waals surface area contributed by atoms with Crippen LogP contribution in [0.25, 0.3) is 0 Å². The number of furan rings is 1. The van der Waals surface area contributed by atoms with E-state index in [2.05, 4.69) is 11.6 Å². The molecule has 2 N–H and O–H groups in total. The Balaban J connectivity index is 1.90. The Kier molecular flexibility index (Phi) is 5.17. The Morgan fingerprint density at radius 2 is 1.90 bits per heavy atom. The van der Waals surface area contributed by atoms with Gasteiger partial charge in [0.15, 0.2) is 0 Å². The van der Waals surface area contributed by atoms with Gasteiger partial charge in [0, 0.05) is 6.54 Å². The van der Waals surface area contributed by atoms with E-state index in [4.69, 9.17) is 9.52 Å². The lowest BCUT2D eigenvalue weighted by Crippen LogP contribution is -2.25. The third kappa shape index (κ3) is 4.17. The number of hydrogen-bond acceptors (Lipinski definition) is 4. The average molecular weight is 309 g/mol. The molecule has 0 saturated heterocycles. The van der Waals surface area contributed by atoms with Crippen molar-refractivity contribution in [2.24, 2.45) is 0 Å². The maximum Gasteiger partial charge on any atom is 0.273 e. The summed E-state index contributed by atoms with van der Waals surface area (Å²) in [6.45, 7) is 2.06. The van der Waals surface area contributed by atoms with Crippen LogP contribution in [-0.2, 0) is 16.6 Å². The zero-order chi connectivity index (χ0) is 15.3. The minimum absolute atomic E-state index is 0.168. The summed E-state index contributed by atoms with van der Waals surface area (Å²) in [5.74, 6) is 0.492. The second-order valence-electron chi connectivity index (χ2n) is 4.88. The molecule has 6 heteroatoms. The molecule has 0 aliphatic rings. The molecule has 2 aromatic rings. The number of aliphatic hydroxyl groups is 1. The average Bonchev–Trinajstić information content (AvgIpc) is 2.98. The second kappa shape index (κ2) is 6.89. The van der Waals surface area contributed by atoms with Crippen LogP contribution in [0.3, 0.4) is 0 Å². The van der Waals surface area contributed by atoms with Gasteiger partial charge in [0.1, 0.15) is 12.4 Å². The Labute approximate surface area is 124 Å². The van der Waals surface area contributed by atoms with Crippen molar-refractivity contribution in [3.63, 3.8) is 0 Å². The smallest absolute Gasteiger partial charge is 0.273 e. The minimum Gasteiger partial charge on any atom is -0.446 e. The fourth-order valence-corrected chi connectivity index (χ4v) is 3.01. The van der Waals surface area contributed by atoms with Crippen LogP contribution in [0.5, 0.6) is 0 Å². The maximum absolute atomic E-state index is 12.0. The summed E-state index contributed by atoms with van der Waals surface area (Å²) in [6, 6.07) is 12.7. The van der Waals surface area contributed by atoms with Crippen LogP contribution in [0, 0.1) is 0 Å². The van der Waals surface area contributed by atoms with E-state index in [-0.39, 0.29) is 23.4 Å². The number of benzene rings is 1. The molecule has 0 bridgehead atoms. The van der Waals surface area contributed by atoms with E-state index < -0.39 is 10.0 Å². The molecule has 1 heterocycles. The van der Waals surface area contributed by atoms with Crippen molar-refractivity contribution in [3.05, 3.63) is 53.8 Å². The molecule has 0 spiro atoms. The van der Waals surface area contributed by atoms with Gasteiger partial charge in [-0.2, -0.15) is 0 Å². The summed E-state index contributed by atoms with van der Waals surface area (Å²) in [4.78, 5) is 0. The Bertz CT molecular complexity index is 664. The summed E-state index contributed by atoms with van der Waals surface area (Å²) in [5.41, 5.74) is 1.18. The van der Waals surface area contributed by atoms with Crippen molar-refractivity contribution in [1.82, 2.24) is 4.72 Å². The largest absolute Gasteiger partial charge is 0.446 e. The van der Waals surface area contributed by atoms with Gasteiger partial charge in [-0.05, 0) is 30.0 Å². The Hall–Kier alpha value is -1.63. The van der Waals surface area contributed by atoms with Gasteiger partial charge >= 0.3 is 0 Å². The van der Waals surface area contributed by atoms with Crippen LogP contribution in [-0.4, -0.2) is 20.1 Å². The van der Waals surface area contributed by atoms with E-state index in [1.807, 2.05) is 30.3 Å². The highest BCUT2D eigenvalue weighted by atomic mass is 32.2. The predicted molar refractivity (Wildman–Crippen MR) is 79.3 cm³/mol. The number of hydrogen-bond donors (Lipinski definition) is 2. The molecule has 1 aromatic carbocycles. The lowest BCUT2D eigenvalue weighted by Gasteiger charge is -2.12. The van der Waals surface area contributed by atoms with Gasteiger partial charge in [-0.25, -0.2) is 13.1 Å². The van der Waals surface area contributed by atoms with E-state index in [9.17, 15) is 8.42 Å². The third-order valence-corrected chi connectivity index (χ3v) is 4.63. The van der Waals surface area contributed by atoms with Crippen molar-refractivity contribution < 1.29 is 17.9 Å². The van der Waals surface area contributed by atoms with Crippen LogP contribution >= 0.6 is 0 Å². The number of sulfonamides is 1. The minimum atomic E-state index is -3.66. The number of rotatable bonds is 7. The highest BCUT2D eigenvalue weighted by molar-refractivity contribution is 7.89. The molecule has 2 rings (SSSR count). The molecular weight excluding hydrogens is 290 g/mol. The summed E-state index contributed by atoms with van der Waals surface area (Å²) >= 11 is 0. The summed E-state index contributed by atoms with van der Waals surface area (Å²) in [7, 11) is -3.66. The first kappa shape index (κ1) is 15.8. The van der Waals surface area contributed by atoms with Crippen LogP contribution < -0.4 is 4.72 Å². The van der Waals surface area contributed by atoms with Gasteiger partial charge in [-0.1, -0.05) is 37.3 Å². The van der Waals surface area contributed by atoms with Gasteiger partial charge in [-0.15, -0.1) is 0 Å². The lowest BCUT2D eigenvalue weighted by atomic mass is 9.98. The predicted octanol–water partition coefficient (Wildman–Crippen LogP) is 2.24. The lowest BCUT2D eigenvalue weighted by molar-refractivity contribution is 0.236. The molecule has 21 heavy (non-hydrogen) atoms. The summed E-state index contributed by atoms with van der Waals surface area (Å²) < 4.78 is 31.5. The normalized spacial score (nSPS) is 13.2.